The van der Waals surface area contributed by atoms with Gasteiger partial charge in [0.25, 0.3) is 0 Å². The van der Waals surface area contributed by atoms with E-state index < -0.39 is 0 Å². The number of rotatable bonds is 11. The number of carbonyl (C=O) groups is 2. The van der Waals surface area contributed by atoms with Gasteiger partial charge in [0, 0.05) is 49.5 Å². The second-order valence-corrected chi connectivity index (χ2v) is 9.57. The molecule has 0 fully saturated rings. The van der Waals surface area contributed by atoms with Gasteiger partial charge in [0.05, 0.1) is 6.61 Å². The average Bonchev–Trinajstić information content (AvgIpc) is 3.34. The van der Waals surface area contributed by atoms with Gasteiger partial charge in [-0.05, 0) is 49.1 Å². The third-order valence-corrected chi connectivity index (χ3v) is 6.70. The molecule has 0 aliphatic rings. The Morgan fingerprint density at radius 1 is 0.921 bits per heavy atom. The van der Waals surface area contributed by atoms with Crippen LogP contribution in [0.3, 0.4) is 0 Å². The van der Waals surface area contributed by atoms with Crippen molar-refractivity contribution in [3.63, 3.8) is 0 Å². The summed E-state index contributed by atoms with van der Waals surface area (Å²) in [6.07, 6.45) is 2.72. The number of aryl methyl sites for hydroxylation is 2. The van der Waals surface area contributed by atoms with E-state index in [1.807, 2.05) is 91.7 Å². The molecule has 198 valence electrons. The van der Waals surface area contributed by atoms with Gasteiger partial charge < -0.3 is 24.8 Å². The number of H-pyrrole nitrogens is 1. The topological polar surface area (TPSA) is 77.7 Å². The maximum atomic E-state index is 13.7. The van der Waals surface area contributed by atoms with Crippen LogP contribution in [0.1, 0.15) is 22.3 Å². The second kappa shape index (κ2) is 12.9. The molecule has 4 rings (SSSR count). The molecule has 0 aliphatic heterocycles. The fraction of sp³-hybridized carbons (Fsp3) is 0.290. The van der Waals surface area contributed by atoms with Crippen LogP contribution in [-0.4, -0.2) is 60.1 Å². The highest BCUT2D eigenvalue weighted by Gasteiger charge is 2.22. The Hall–Kier alpha value is -4.10. The van der Waals surface area contributed by atoms with Gasteiger partial charge in [-0.25, -0.2) is 4.79 Å². The Kier molecular flexibility index (Phi) is 9.16. The number of methoxy groups -OCH3 is 1. The summed E-state index contributed by atoms with van der Waals surface area (Å²) in [6, 6.07) is 23.7. The fourth-order valence-electron chi connectivity index (χ4n) is 4.55. The van der Waals surface area contributed by atoms with Crippen molar-refractivity contribution >= 4 is 28.5 Å². The van der Waals surface area contributed by atoms with E-state index in [1.54, 1.807) is 7.11 Å². The number of nitrogens with zero attached hydrogens (tertiary/aromatic N) is 2. The minimum atomic E-state index is -0.321. The smallest absolute Gasteiger partial charge is 0.322 e. The van der Waals surface area contributed by atoms with Crippen molar-refractivity contribution < 1.29 is 14.3 Å². The zero-order valence-corrected chi connectivity index (χ0v) is 22.4. The highest BCUT2D eigenvalue weighted by Crippen LogP contribution is 2.20. The van der Waals surface area contributed by atoms with Crippen LogP contribution in [0.15, 0.2) is 79.0 Å². The Morgan fingerprint density at radius 3 is 2.45 bits per heavy atom. The van der Waals surface area contributed by atoms with Crippen LogP contribution in [-0.2, 0) is 22.5 Å². The number of fused-ring (bicyclic) bond motifs is 1. The predicted octanol–water partition coefficient (Wildman–Crippen LogP) is 5.54. The third-order valence-electron chi connectivity index (χ3n) is 6.70. The standard InChI is InChI=1S/C31H36N4O3/c1-23-13-14-28(24(2)19-23)33-31(37)35(17-18-38-3)22-30(36)34(21-25-9-5-4-6-10-25)16-15-26-20-32-29-12-8-7-11-27(26)29/h4-14,19-20,32H,15-18,21-22H2,1-3H3,(H,33,37). The fourth-order valence-corrected chi connectivity index (χ4v) is 4.55. The summed E-state index contributed by atoms with van der Waals surface area (Å²) >= 11 is 0. The number of hydrogen-bond acceptors (Lipinski definition) is 3. The number of amides is 3. The quantitative estimate of drug-likeness (QED) is 0.277. The zero-order chi connectivity index (χ0) is 26.9. The monoisotopic (exact) mass is 512 g/mol. The van der Waals surface area contributed by atoms with Gasteiger partial charge in [-0.3, -0.25) is 4.79 Å². The minimum absolute atomic E-state index is 0.0409. The van der Waals surface area contributed by atoms with Crippen LogP contribution < -0.4 is 5.32 Å². The highest BCUT2D eigenvalue weighted by molar-refractivity contribution is 5.93. The van der Waals surface area contributed by atoms with Crippen LogP contribution in [0.4, 0.5) is 10.5 Å². The van der Waals surface area contributed by atoms with Crippen LogP contribution in [0.25, 0.3) is 10.9 Å². The molecule has 38 heavy (non-hydrogen) atoms. The molecule has 0 atom stereocenters. The lowest BCUT2D eigenvalue weighted by Gasteiger charge is -2.28. The molecule has 0 spiro atoms. The van der Waals surface area contributed by atoms with Crippen molar-refractivity contribution in [2.75, 3.05) is 38.7 Å². The van der Waals surface area contributed by atoms with Crippen molar-refractivity contribution in [2.45, 2.75) is 26.8 Å². The lowest BCUT2D eigenvalue weighted by Crippen LogP contribution is -2.46. The van der Waals surface area contributed by atoms with Crippen molar-refractivity contribution in [3.8, 4) is 0 Å². The number of aromatic amines is 1. The van der Waals surface area contributed by atoms with Crippen LogP contribution in [0.5, 0.6) is 0 Å². The summed E-state index contributed by atoms with van der Waals surface area (Å²) in [4.78, 5) is 33.6. The van der Waals surface area contributed by atoms with Gasteiger partial charge in [0.2, 0.25) is 5.91 Å². The molecule has 7 heteroatoms. The molecule has 0 aliphatic carbocycles. The van der Waals surface area contributed by atoms with Gasteiger partial charge in [-0.2, -0.15) is 0 Å². The predicted molar refractivity (Wildman–Crippen MR) is 152 cm³/mol. The molecule has 2 N–H and O–H groups in total. The Morgan fingerprint density at radius 2 is 1.68 bits per heavy atom. The minimum Gasteiger partial charge on any atom is -0.383 e. The van der Waals surface area contributed by atoms with Crippen molar-refractivity contribution in [1.82, 2.24) is 14.8 Å². The van der Waals surface area contributed by atoms with E-state index >= 15 is 0 Å². The number of hydrogen-bond donors (Lipinski definition) is 2. The summed E-state index contributed by atoms with van der Waals surface area (Å²) in [7, 11) is 1.59. The van der Waals surface area contributed by atoms with E-state index in [0.717, 1.165) is 38.8 Å². The molecule has 0 saturated carbocycles. The summed E-state index contributed by atoms with van der Waals surface area (Å²) in [5.41, 5.74) is 6.12. The Balaban J connectivity index is 1.50. The highest BCUT2D eigenvalue weighted by atomic mass is 16.5. The number of benzene rings is 3. The number of carbonyl (C=O) groups excluding carboxylic acids is 2. The van der Waals surface area contributed by atoms with Gasteiger partial charge in [0.1, 0.15) is 6.54 Å². The molecule has 3 amide bonds. The van der Waals surface area contributed by atoms with Crippen LogP contribution in [0.2, 0.25) is 0 Å². The molecule has 7 nitrogen and oxygen atoms in total. The number of urea groups is 1. The Labute approximate surface area is 224 Å². The molecule has 0 bridgehead atoms. The van der Waals surface area contributed by atoms with Gasteiger partial charge >= 0.3 is 6.03 Å². The first-order valence-corrected chi connectivity index (χ1v) is 12.9. The normalized spacial score (nSPS) is 10.9. The molecule has 0 unspecified atom stereocenters. The molecule has 4 aromatic rings. The molecule has 1 aromatic heterocycles. The molecule has 0 saturated heterocycles. The molecular weight excluding hydrogens is 476 g/mol. The SMILES string of the molecule is COCCN(CC(=O)N(CCc1c[nH]c2ccccc12)Cc1ccccc1)C(=O)Nc1ccc(C)cc1C. The largest absolute Gasteiger partial charge is 0.383 e. The van der Waals surface area contributed by atoms with E-state index in [9.17, 15) is 9.59 Å². The molecular formula is C31H36N4O3. The lowest BCUT2D eigenvalue weighted by atomic mass is 10.1. The number of aromatic nitrogens is 1. The van der Waals surface area contributed by atoms with Gasteiger partial charge in [-0.1, -0.05) is 66.2 Å². The molecule has 1 heterocycles. The van der Waals surface area contributed by atoms with Crippen molar-refractivity contribution in [2.24, 2.45) is 0 Å². The van der Waals surface area contributed by atoms with E-state index in [1.165, 1.54) is 4.90 Å². The van der Waals surface area contributed by atoms with E-state index in [2.05, 4.69) is 16.4 Å². The number of ether oxygens (including phenoxy) is 1. The third kappa shape index (κ3) is 7.01. The van der Waals surface area contributed by atoms with Crippen LogP contribution >= 0.6 is 0 Å². The first-order chi connectivity index (χ1) is 18.4. The Bertz CT molecular complexity index is 1370. The summed E-state index contributed by atoms with van der Waals surface area (Å²) < 4.78 is 5.24. The maximum Gasteiger partial charge on any atom is 0.322 e. The summed E-state index contributed by atoms with van der Waals surface area (Å²) in [5, 5.41) is 4.13. The summed E-state index contributed by atoms with van der Waals surface area (Å²) in [5.74, 6) is -0.111. The van der Waals surface area contributed by atoms with E-state index in [4.69, 9.17) is 4.74 Å². The lowest BCUT2D eigenvalue weighted by molar-refractivity contribution is -0.132. The number of anilines is 1. The molecule has 3 aromatic carbocycles. The zero-order valence-electron chi connectivity index (χ0n) is 22.4. The number of nitrogens with one attached hydrogen (secondary N) is 2. The average molecular weight is 513 g/mol. The first-order valence-electron chi connectivity index (χ1n) is 12.9. The van der Waals surface area contributed by atoms with Crippen molar-refractivity contribution in [1.29, 1.82) is 0 Å². The van der Waals surface area contributed by atoms with E-state index in [-0.39, 0.29) is 18.5 Å². The van der Waals surface area contributed by atoms with Crippen molar-refractivity contribution in [3.05, 3.63) is 101 Å². The van der Waals surface area contributed by atoms with E-state index in [0.29, 0.717) is 32.7 Å². The van der Waals surface area contributed by atoms with Gasteiger partial charge in [0.15, 0.2) is 0 Å². The first kappa shape index (κ1) is 26.9. The van der Waals surface area contributed by atoms with Gasteiger partial charge in [-0.15, -0.1) is 0 Å². The van der Waals surface area contributed by atoms with Crippen LogP contribution in [0, 0.1) is 13.8 Å². The summed E-state index contributed by atoms with van der Waals surface area (Å²) in [6.45, 7) is 5.58. The second-order valence-electron chi connectivity index (χ2n) is 9.57. The number of para-hydroxylation sites is 1. The maximum absolute atomic E-state index is 13.7. The molecule has 0 radical (unpaired) electrons.